The minimum absolute atomic E-state index is 0.0267. The normalized spacial score (nSPS) is 11.6. The molecule has 1 amide bonds. The van der Waals surface area contributed by atoms with E-state index in [-0.39, 0.29) is 5.76 Å². The number of carboxylic acid groups (broad SMARTS) is 1. The first-order chi connectivity index (χ1) is 8.04. The average Bonchev–Trinajstić information content (AvgIpc) is 2.81. The van der Waals surface area contributed by atoms with Crippen molar-refractivity contribution in [2.24, 2.45) is 0 Å². The van der Waals surface area contributed by atoms with Crippen molar-refractivity contribution in [1.82, 2.24) is 5.32 Å². The lowest BCUT2D eigenvalue weighted by Crippen LogP contribution is -2.42. The Morgan fingerprint density at radius 3 is 2.71 bits per heavy atom. The van der Waals surface area contributed by atoms with Gasteiger partial charge in [0.15, 0.2) is 5.76 Å². The zero-order valence-corrected chi connectivity index (χ0v) is 9.00. The lowest BCUT2D eigenvalue weighted by molar-refractivity contribution is -0.147. The van der Waals surface area contributed by atoms with Crippen molar-refractivity contribution in [2.75, 3.05) is 7.11 Å². The first-order valence-electron chi connectivity index (χ1n) is 4.68. The molecule has 0 saturated carbocycles. The van der Waals surface area contributed by atoms with Gasteiger partial charge in [-0.1, -0.05) is 0 Å². The van der Waals surface area contributed by atoms with Gasteiger partial charge in [-0.2, -0.15) is 0 Å². The number of furan rings is 1. The van der Waals surface area contributed by atoms with Crippen molar-refractivity contribution >= 4 is 17.8 Å². The number of hydrogen-bond acceptors (Lipinski definition) is 5. The fourth-order valence-electron chi connectivity index (χ4n) is 1.09. The fourth-order valence-corrected chi connectivity index (χ4v) is 1.09. The van der Waals surface area contributed by atoms with Crippen LogP contribution >= 0.6 is 0 Å². The smallest absolute Gasteiger partial charge is 0.326 e. The summed E-state index contributed by atoms with van der Waals surface area (Å²) in [6, 6.07) is 1.53. The van der Waals surface area contributed by atoms with Crippen LogP contribution in [-0.4, -0.2) is 36.1 Å². The van der Waals surface area contributed by atoms with Gasteiger partial charge in [-0.15, -0.1) is 0 Å². The predicted molar refractivity (Wildman–Crippen MR) is 54.2 cm³/mol. The molecule has 1 aromatic heterocycles. The fraction of sp³-hybridized carbons (Fsp3) is 0.300. The van der Waals surface area contributed by atoms with Crippen molar-refractivity contribution in [3.63, 3.8) is 0 Å². The Labute approximate surface area is 96.4 Å². The quantitative estimate of drug-likeness (QED) is 0.704. The van der Waals surface area contributed by atoms with Crippen LogP contribution in [0.2, 0.25) is 0 Å². The molecule has 0 aliphatic heterocycles. The third-order valence-corrected chi connectivity index (χ3v) is 1.95. The van der Waals surface area contributed by atoms with Gasteiger partial charge in [0, 0.05) is 0 Å². The number of amides is 1. The largest absolute Gasteiger partial charge is 0.480 e. The highest BCUT2D eigenvalue weighted by molar-refractivity contribution is 5.95. The van der Waals surface area contributed by atoms with Crippen molar-refractivity contribution in [3.05, 3.63) is 24.2 Å². The molecule has 0 aromatic carbocycles. The van der Waals surface area contributed by atoms with E-state index in [4.69, 9.17) is 9.52 Å². The predicted octanol–water partition coefficient (Wildman–Crippen LogP) is 0.0257. The van der Waals surface area contributed by atoms with E-state index in [1.807, 2.05) is 0 Å². The number of ether oxygens (including phenoxy) is 1. The van der Waals surface area contributed by atoms with Gasteiger partial charge in [-0.25, -0.2) is 4.79 Å². The van der Waals surface area contributed by atoms with Gasteiger partial charge in [-0.3, -0.25) is 9.59 Å². The van der Waals surface area contributed by atoms with Gasteiger partial charge < -0.3 is 19.6 Å². The number of methoxy groups -OCH3 is 1. The molecule has 0 fully saturated rings. The number of carbonyl (C=O) groups excluding carboxylic acids is 2. The molecule has 1 atom stereocenters. The third kappa shape index (κ3) is 3.63. The Morgan fingerprint density at radius 1 is 1.53 bits per heavy atom. The van der Waals surface area contributed by atoms with Crippen LogP contribution in [0.4, 0.5) is 0 Å². The summed E-state index contributed by atoms with van der Waals surface area (Å²) in [5.41, 5.74) is 0. The molecular formula is C10H11NO6. The van der Waals surface area contributed by atoms with E-state index in [1.165, 1.54) is 18.4 Å². The summed E-state index contributed by atoms with van der Waals surface area (Å²) in [5.74, 6) is -2.78. The average molecular weight is 241 g/mol. The van der Waals surface area contributed by atoms with E-state index >= 15 is 0 Å². The highest BCUT2D eigenvalue weighted by Gasteiger charge is 2.24. The molecule has 1 rings (SSSR count). The van der Waals surface area contributed by atoms with Crippen molar-refractivity contribution < 1.29 is 28.6 Å². The number of esters is 1. The van der Waals surface area contributed by atoms with Crippen LogP contribution < -0.4 is 5.32 Å². The maximum absolute atomic E-state index is 11.5. The SMILES string of the molecule is COC(=O)CC(NC(=O)c1ccco1)C(=O)O. The lowest BCUT2D eigenvalue weighted by Gasteiger charge is -2.11. The van der Waals surface area contributed by atoms with Gasteiger partial charge >= 0.3 is 11.9 Å². The van der Waals surface area contributed by atoms with E-state index in [2.05, 4.69) is 10.1 Å². The minimum atomic E-state index is -1.35. The summed E-state index contributed by atoms with van der Waals surface area (Å²) >= 11 is 0. The molecule has 2 N–H and O–H groups in total. The van der Waals surface area contributed by atoms with Crippen LogP contribution in [0, 0.1) is 0 Å². The zero-order valence-electron chi connectivity index (χ0n) is 9.00. The van der Waals surface area contributed by atoms with Gasteiger partial charge in [0.25, 0.3) is 5.91 Å². The molecule has 0 spiro atoms. The monoisotopic (exact) mass is 241 g/mol. The topological polar surface area (TPSA) is 106 Å². The van der Waals surface area contributed by atoms with Gasteiger partial charge in [0.2, 0.25) is 0 Å². The highest BCUT2D eigenvalue weighted by atomic mass is 16.5. The van der Waals surface area contributed by atoms with E-state index in [0.717, 1.165) is 7.11 Å². The first-order valence-corrected chi connectivity index (χ1v) is 4.68. The molecule has 7 heteroatoms. The van der Waals surface area contributed by atoms with E-state index in [9.17, 15) is 14.4 Å². The molecule has 7 nitrogen and oxygen atoms in total. The van der Waals surface area contributed by atoms with Crippen molar-refractivity contribution in [1.29, 1.82) is 0 Å². The van der Waals surface area contributed by atoms with E-state index in [1.54, 1.807) is 0 Å². The molecule has 1 aromatic rings. The summed E-state index contributed by atoms with van der Waals surface area (Å²) in [4.78, 5) is 33.2. The Kier molecular flexibility index (Phi) is 4.27. The first kappa shape index (κ1) is 12.8. The Hall–Kier alpha value is -2.31. The van der Waals surface area contributed by atoms with Crippen LogP contribution in [0.3, 0.4) is 0 Å². The maximum atomic E-state index is 11.5. The molecule has 0 aliphatic carbocycles. The molecule has 92 valence electrons. The van der Waals surface area contributed by atoms with E-state index < -0.39 is 30.3 Å². The second-order valence-corrected chi connectivity index (χ2v) is 3.12. The van der Waals surface area contributed by atoms with Gasteiger partial charge in [0.05, 0.1) is 19.8 Å². The number of carbonyl (C=O) groups is 3. The summed E-state index contributed by atoms with van der Waals surface area (Å²) in [7, 11) is 1.13. The van der Waals surface area contributed by atoms with Crippen LogP contribution in [0.5, 0.6) is 0 Å². The minimum Gasteiger partial charge on any atom is -0.480 e. The molecular weight excluding hydrogens is 230 g/mol. The van der Waals surface area contributed by atoms with Crippen LogP contribution in [0.1, 0.15) is 17.0 Å². The number of rotatable bonds is 5. The van der Waals surface area contributed by atoms with Crippen molar-refractivity contribution in [3.8, 4) is 0 Å². The summed E-state index contributed by atoms with van der Waals surface area (Å²) < 4.78 is 9.11. The Balaban J connectivity index is 2.64. The molecule has 0 saturated heterocycles. The summed E-state index contributed by atoms with van der Waals surface area (Å²) in [6.45, 7) is 0. The van der Waals surface area contributed by atoms with E-state index in [0.29, 0.717) is 0 Å². The number of aliphatic carboxylic acids is 1. The Morgan fingerprint density at radius 2 is 2.24 bits per heavy atom. The molecule has 0 aliphatic rings. The van der Waals surface area contributed by atoms with Crippen LogP contribution in [-0.2, 0) is 14.3 Å². The number of carboxylic acids is 1. The molecule has 0 radical (unpaired) electrons. The third-order valence-electron chi connectivity index (χ3n) is 1.95. The molecule has 1 heterocycles. The highest BCUT2D eigenvalue weighted by Crippen LogP contribution is 2.02. The molecule has 1 unspecified atom stereocenters. The summed E-state index contributed by atoms with van der Waals surface area (Å²) in [5, 5.41) is 11.0. The number of hydrogen-bond donors (Lipinski definition) is 2. The zero-order chi connectivity index (χ0) is 12.8. The van der Waals surface area contributed by atoms with Crippen LogP contribution in [0.25, 0.3) is 0 Å². The lowest BCUT2D eigenvalue weighted by atomic mass is 10.2. The summed E-state index contributed by atoms with van der Waals surface area (Å²) in [6.07, 6.45) is 0.837. The number of nitrogens with one attached hydrogen (secondary N) is 1. The molecule has 17 heavy (non-hydrogen) atoms. The van der Waals surface area contributed by atoms with Crippen LogP contribution in [0.15, 0.2) is 22.8 Å². The molecule has 0 bridgehead atoms. The second kappa shape index (κ2) is 5.69. The van der Waals surface area contributed by atoms with Gasteiger partial charge in [-0.05, 0) is 12.1 Å². The Bertz CT molecular complexity index is 410. The second-order valence-electron chi connectivity index (χ2n) is 3.12. The van der Waals surface area contributed by atoms with Gasteiger partial charge in [0.1, 0.15) is 6.04 Å². The standard InChI is InChI=1S/C10H11NO6/c1-16-8(12)5-6(10(14)15)11-9(13)7-3-2-4-17-7/h2-4,6H,5H2,1H3,(H,11,13)(H,14,15). The maximum Gasteiger partial charge on any atom is 0.326 e. The van der Waals surface area contributed by atoms with Crippen molar-refractivity contribution in [2.45, 2.75) is 12.5 Å².